The highest BCUT2D eigenvalue weighted by atomic mass is 16.2. The standard InChI is InChI=1S/C18H30N2O/c21-18(17-10-13-8-4-5-9-15(13)19-17)20-16-11-14(16)12-6-2-1-3-7-12/h12-17,19H,1-11H2,(H,20,21). The summed E-state index contributed by atoms with van der Waals surface area (Å²) in [5.74, 6) is 2.77. The van der Waals surface area contributed by atoms with Gasteiger partial charge in [-0.05, 0) is 43.4 Å². The first kappa shape index (κ1) is 14.0. The zero-order valence-electron chi connectivity index (χ0n) is 13.2. The molecule has 1 saturated heterocycles. The molecule has 0 aromatic heterocycles. The summed E-state index contributed by atoms with van der Waals surface area (Å²) in [6.07, 6.45) is 14.7. The van der Waals surface area contributed by atoms with E-state index >= 15 is 0 Å². The van der Waals surface area contributed by atoms with E-state index in [0.717, 1.165) is 24.2 Å². The third-order valence-electron chi connectivity index (χ3n) is 6.60. The van der Waals surface area contributed by atoms with Crippen LogP contribution in [-0.2, 0) is 4.79 Å². The van der Waals surface area contributed by atoms with Gasteiger partial charge in [-0.15, -0.1) is 0 Å². The Kier molecular flexibility index (Phi) is 3.95. The average molecular weight is 290 g/mol. The van der Waals surface area contributed by atoms with Crippen molar-refractivity contribution in [1.29, 1.82) is 0 Å². The van der Waals surface area contributed by atoms with E-state index in [1.807, 2.05) is 0 Å². The molecule has 3 saturated carbocycles. The lowest BCUT2D eigenvalue weighted by molar-refractivity contribution is -0.123. The van der Waals surface area contributed by atoms with Crippen molar-refractivity contribution in [3.05, 3.63) is 0 Å². The Balaban J connectivity index is 1.25. The molecule has 4 fully saturated rings. The quantitative estimate of drug-likeness (QED) is 0.839. The van der Waals surface area contributed by atoms with Crippen molar-refractivity contribution in [2.24, 2.45) is 17.8 Å². The van der Waals surface area contributed by atoms with Gasteiger partial charge in [-0.3, -0.25) is 4.79 Å². The first-order valence-corrected chi connectivity index (χ1v) is 9.37. The van der Waals surface area contributed by atoms with Crippen molar-refractivity contribution in [3.63, 3.8) is 0 Å². The van der Waals surface area contributed by atoms with Gasteiger partial charge in [0.05, 0.1) is 6.04 Å². The molecule has 0 spiro atoms. The Morgan fingerprint density at radius 3 is 2.38 bits per heavy atom. The molecule has 0 aromatic rings. The van der Waals surface area contributed by atoms with Gasteiger partial charge in [0.25, 0.3) is 0 Å². The van der Waals surface area contributed by atoms with Crippen molar-refractivity contribution in [2.75, 3.05) is 0 Å². The Morgan fingerprint density at radius 2 is 1.57 bits per heavy atom. The van der Waals surface area contributed by atoms with Crippen LogP contribution in [0, 0.1) is 17.8 Å². The largest absolute Gasteiger partial charge is 0.352 e. The molecule has 3 nitrogen and oxygen atoms in total. The molecule has 1 heterocycles. The summed E-state index contributed by atoms with van der Waals surface area (Å²) in [7, 11) is 0. The zero-order valence-corrected chi connectivity index (χ0v) is 13.2. The SMILES string of the molecule is O=C(NC1CC1C1CCCCC1)C1CC2CCCCC2N1. The molecule has 118 valence electrons. The van der Waals surface area contributed by atoms with Gasteiger partial charge in [0.15, 0.2) is 0 Å². The van der Waals surface area contributed by atoms with Gasteiger partial charge in [0, 0.05) is 12.1 Å². The summed E-state index contributed by atoms with van der Waals surface area (Å²) in [6, 6.07) is 1.23. The highest BCUT2D eigenvalue weighted by molar-refractivity contribution is 5.82. The molecule has 0 radical (unpaired) electrons. The fourth-order valence-electron chi connectivity index (χ4n) is 5.27. The molecular weight excluding hydrogens is 260 g/mol. The van der Waals surface area contributed by atoms with Crippen molar-refractivity contribution < 1.29 is 4.79 Å². The molecule has 4 aliphatic rings. The average Bonchev–Trinajstić information content (AvgIpc) is 3.14. The van der Waals surface area contributed by atoms with Crippen LogP contribution in [-0.4, -0.2) is 24.0 Å². The summed E-state index contributed by atoms with van der Waals surface area (Å²) in [5, 5.41) is 6.96. The topological polar surface area (TPSA) is 41.1 Å². The maximum atomic E-state index is 12.5. The van der Waals surface area contributed by atoms with Crippen molar-refractivity contribution >= 4 is 5.91 Å². The number of carbonyl (C=O) groups is 1. The molecule has 2 N–H and O–H groups in total. The Hall–Kier alpha value is -0.570. The van der Waals surface area contributed by atoms with Crippen LogP contribution in [0.5, 0.6) is 0 Å². The minimum absolute atomic E-state index is 0.103. The lowest BCUT2D eigenvalue weighted by Crippen LogP contribution is -2.44. The zero-order chi connectivity index (χ0) is 14.2. The summed E-state index contributed by atoms with van der Waals surface area (Å²) in [6.45, 7) is 0. The number of hydrogen-bond donors (Lipinski definition) is 2. The lowest BCUT2D eigenvalue weighted by atomic mass is 9.85. The van der Waals surface area contributed by atoms with Crippen LogP contribution in [0.3, 0.4) is 0 Å². The Bertz CT molecular complexity index is 377. The maximum absolute atomic E-state index is 12.5. The van der Waals surface area contributed by atoms with Crippen LogP contribution < -0.4 is 10.6 Å². The number of hydrogen-bond acceptors (Lipinski definition) is 2. The molecule has 5 atom stereocenters. The molecule has 0 bridgehead atoms. The van der Waals surface area contributed by atoms with E-state index in [0.29, 0.717) is 18.0 Å². The molecule has 4 rings (SSSR count). The number of carbonyl (C=O) groups excluding carboxylic acids is 1. The highest BCUT2D eigenvalue weighted by Gasteiger charge is 2.45. The molecule has 1 aliphatic heterocycles. The normalized spacial score (nSPS) is 43.3. The van der Waals surface area contributed by atoms with Crippen molar-refractivity contribution in [1.82, 2.24) is 10.6 Å². The third kappa shape index (κ3) is 2.99. The first-order chi connectivity index (χ1) is 10.3. The van der Waals surface area contributed by atoms with Gasteiger partial charge in [0.1, 0.15) is 0 Å². The van der Waals surface area contributed by atoms with E-state index in [9.17, 15) is 4.79 Å². The second-order valence-corrected chi connectivity index (χ2v) is 8.02. The van der Waals surface area contributed by atoms with Crippen LogP contribution >= 0.6 is 0 Å². The van der Waals surface area contributed by atoms with Crippen LogP contribution in [0.15, 0.2) is 0 Å². The minimum Gasteiger partial charge on any atom is -0.352 e. The predicted molar refractivity (Wildman–Crippen MR) is 83.9 cm³/mol. The summed E-state index contributed by atoms with van der Waals surface area (Å²) >= 11 is 0. The van der Waals surface area contributed by atoms with Gasteiger partial charge in [-0.25, -0.2) is 0 Å². The fraction of sp³-hybridized carbons (Fsp3) is 0.944. The summed E-state index contributed by atoms with van der Waals surface area (Å²) in [5.41, 5.74) is 0. The molecule has 21 heavy (non-hydrogen) atoms. The number of fused-ring (bicyclic) bond motifs is 1. The van der Waals surface area contributed by atoms with E-state index in [1.54, 1.807) is 0 Å². The van der Waals surface area contributed by atoms with Crippen molar-refractivity contribution in [2.45, 2.75) is 88.8 Å². The third-order valence-corrected chi connectivity index (χ3v) is 6.60. The second kappa shape index (κ2) is 5.91. The van der Waals surface area contributed by atoms with Crippen LogP contribution in [0.2, 0.25) is 0 Å². The molecule has 5 unspecified atom stereocenters. The van der Waals surface area contributed by atoms with E-state index in [4.69, 9.17) is 0 Å². The Morgan fingerprint density at radius 1 is 0.857 bits per heavy atom. The van der Waals surface area contributed by atoms with Gasteiger partial charge in [-0.1, -0.05) is 44.9 Å². The van der Waals surface area contributed by atoms with E-state index in [-0.39, 0.29) is 6.04 Å². The molecular formula is C18H30N2O. The van der Waals surface area contributed by atoms with Gasteiger partial charge < -0.3 is 10.6 Å². The fourth-order valence-corrected chi connectivity index (χ4v) is 5.27. The maximum Gasteiger partial charge on any atom is 0.237 e. The van der Waals surface area contributed by atoms with E-state index in [1.165, 1.54) is 64.2 Å². The Labute approximate surface area is 128 Å². The first-order valence-electron chi connectivity index (χ1n) is 9.37. The van der Waals surface area contributed by atoms with Crippen LogP contribution in [0.1, 0.15) is 70.6 Å². The highest BCUT2D eigenvalue weighted by Crippen LogP contribution is 2.44. The smallest absolute Gasteiger partial charge is 0.237 e. The number of rotatable bonds is 3. The predicted octanol–water partition coefficient (Wildman–Crippen LogP) is 2.99. The lowest BCUT2D eigenvalue weighted by Gasteiger charge is -2.24. The van der Waals surface area contributed by atoms with Gasteiger partial charge >= 0.3 is 0 Å². The minimum atomic E-state index is 0.103. The van der Waals surface area contributed by atoms with Gasteiger partial charge in [-0.2, -0.15) is 0 Å². The monoisotopic (exact) mass is 290 g/mol. The second-order valence-electron chi connectivity index (χ2n) is 8.02. The summed E-state index contributed by atoms with van der Waals surface area (Å²) < 4.78 is 0. The molecule has 0 aromatic carbocycles. The van der Waals surface area contributed by atoms with E-state index < -0.39 is 0 Å². The van der Waals surface area contributed by atoms with Gasteiger partial charge in [0.2, 0.25) is 5.91 Å². The molecule has 3 heteroatoms. The van der Waals surface area contributed by atoms with Crippen LogP contribution in [0.4, 0.5) is 0 Å². The van der Waals surface area contributed by atoms with Crippen LogP contribution in [0.25, 0.3) is 0 Å². The molecule has 3 aliphatic carbocycles. The van der Waals surface area contributed by atoms with Crippen molar-refractivity contribution in [3.8, 4) is 0 Å². The summed E-state index contributed by atoms with van der Waals surface area (Å²) in [4.78, 5) is 12.5. The number of nitrogens with one attached hydrogen (secondary N) is 2. The number of amides is 1. The van der Waals surface area contributed by atoms with E-state index in [2.05, 4.69) is 10.6 Å². The molecule has 1 amide bonds.